The molecule has 0 saturated carbocycles. The van der Waals surface area contributed by atoms with Gasteiger partial charge in [0.2, 0.25) is 11.1 Å². The number of nitrogens with zero attached hydrogens (tertiary/aromatic N) is 2. The monoisotopic (exact) mass is 336 g/mol. The summed E-state index contributed by atoms with van der Waals surface area (Å²) in [5, 5.41) is 0.354. The Labute approximate surface area is 142 Å². The van der Waals surface area contributed by atoms with E-state index in [1.54, 1.807) is 42.7 Å². The number of fused-ring (bicyclic) bond motifs is 2. The van der Waals surface area contributed by atoms with Crippen LogP contribution in [-0.2, 0) is 13.0 Å². The first-order chi connectivity index (χ1) is 12.2. The van der Waals surface area contributed by atoms with Gasteiger partial charge >= 0.3 is 0 Å². The van der Waals surface area contributed by atoms with Gasteiger partial charge in [-0.15, -0.1) is 0 Å². The van der Waals surface area contributed by atoms with Gasteiger partial charge in [-0.05, 0) is 30.7 Å². The number of hydrogen-bond acceptors (Lipinski definition) is 5. The zero-order chi connectivity index (χ0) is 17.4. The van der Waals surface area contributed by atoms with E-state index < -0.39 is 5.56 Å². The van der Waals surface area contributed by atoms with Crippen LogP contribution in [0.5, 0.6) is 0 Å². The topological polar surface area (TPSA) is 78.2 Å². The summed E-state index contributed by atoms with van der Waals surface area (Å²) in [7, 11) is 0. The average Bonchev–Trinajstić information content (AvgIpc) is 3.12. The average molecular weight is 336 g/mol. The Balaban J connectivity index is 2.06. The molecule has 6 nitrogen and oxygen atoms in total. The molecule has 1 aromatic carbocycles. The molecule has 0 aliphatic heterocycles. The standard InChI is InChI=1S/C19H16N2O4/c1-2-6-15-20-18-16(17(22)13-8-3-4-9-14(13)25-18)19(23)21(15)11-12-7-5-10-24-12/h3-5,7-10H,2,6,11H2,1H3. The molecule has 0 spiro atoms. The van der Waals surface area contributed by atoms with Crippen LogP contribution in [0, 0.1) is 0 Å². The van der Waals surface area contributed by atoms with Gasteiger partial charge in [0, 0.05) is 6.42 Å². The summed E-state index contributed by atoms with van der Waals surface area (Å²) in [6, 6.07) is 10.4. The zero-order valence-electron chi connectivity index (χ0n) is 13.7. The van der Waals surface area contributed by atoms with E-state index in [0.717, 1.165) is 6.42 Å². The third kappa shape index (κ3) is 2.55. The lowest BCUT2D eigenvalue weighted by Crippen LogP contribution is -2.29. The molecule has 4 rings (SSSR count). The molecule has 0 aliphatic rings. The lowest BCUT2D eigenvalue weighted by molar-refractivity contribution is 0.480. The predicted molar refractivity (Wildman–Crippen MR) is 93.9 cm³/mol. The number of para-hydroxylation sites is 1. The second-order valence-electron chi connectivity index (χ2n) is 5.86. The van der Waals surface area contributed by atoms with E-state index in [0.29, 0.717) is 29.0 Å². The maximum Gasteiger partial charge on any atom is 0.269 e. The molecule has 0 radical (unpaired) electrons. The van der Waals surface area contributed by atoms with E-state index in [2.05, 4.69) is 4.98 Å². The Morgan fingerprint density at radius 1 is 1.12 bits per heavy atom. The minimum Gasteiger partial charge on any atom is -0.467 e. The van der Waals surface area contributed by atoms with Crippen LogP contribution in [0.2, 0.25) is 0 Å². The van der Waals surface area contributed by atoms with Crippen LogP contribution in [0.4, 0.5) is 0 Å². The minimum absolute atomic E-state index is 0.0230. The number of rotatable bonds is 4. The van der Waals surface area contributed by atoms with Crippen LogP contribution < -0.4 is 11.0 Å². The second-order valence-corrected chi connectivity index (χ2v) is 5.86. The van der Waals surface area contributed by atoms with Gasteiger partial charge in [-0.2, -0.15) is 4.98 Å². The van der Waals surface area contributed by atoms with Crippen molar-refractivity contribution in [2.45, 2.75) is 26.3 Å². The van der Waals surface area contributed by atoms with Gasteiger partial charge in [0.1, 0.15) is 17.2 Å². The van der Waals surface area contributed by atoms with Crippen LogP contribution in [0.15, 0.2) is 61.1 Å². The zero-order valence-corrected chi connectivity index (χ0v) is 13.7. The summed E-state index contributed by atoms with van der Waals surface area (Å²) in [4.78, 5) is 30.3. The molecular weight excluding hydrogens is 320 g/mol. The quantitative estimate of drug-likeness (QED) is 0.535. The van der Waals surface area contributed by atoms with Crippen LogP contribution >= 0.6 is 0 Å². The highest BCUT2D eigenvalue weighted by molar-refractivity contribution is 5.87. The fourth-order valence-corrected chi connectivity index (χ4v) is 2.96. The van der Waals surface area contributed by atoms with Crippen molar-refractivity contribution in [1.82, 2.24) is 9.55 Å². The van der Waals surface area contributed by atoms with E-state index in [1.165, 1.54) is 4.57 Å². The summed E-state index contributed by atoms with van der Waals surface area (Å²) < 4.78 is 12.6. The second kappa shape index (κ2) is 6.05. The van der Waals surface area contributed by atoms with Gasteiger partial charge in [-0.25, -0.2) is 0 Å². The Morgan fingerprint density at radius 3 is 2.72 bits per heavy atom. The smallest absolute Gasteiger partial charge is 0.269 e. The van der Waals surface area contributed by atoms with E-state index >= 15 is 0 Å². The Hall–Kier alpha value is -3.15. The summed E-state index contributed by atoms with van der Waals surface area (Å²) in [5.41, 5.74) is -0.235. The van der Waals surface area contributed by atoms with Crippen molar-refractivity contribution in [3.63, 3.8) is 0 Å². The lowest BCUT2D eigenvalue weighted by atomic mass is 10.2. The fraction of sp³-hybridized carbons (Fsp3) is 0.211. The number of hydrogen-bond donors (Lipinski definition) is 0. The fourth-order valence-electron chi connectivity index (χ4n) is 2.96. The molecule has 6 heteroatoms. The Bertz CT molecular complexity index is 1170. The normalized spacial score (nSPS) is 11.4. The van der Waals surface area contributed by atoms with Crippen molar-refractivity contribution in [3.8, 4) is 0 Å². The first-order valence-corrected chi connectivity index (χ1v) is 8.16. The highest BCUT2D eigenvalue weighted by Gasteiger charge is 2.18. The van der Waals surface area contributed by atoms with Crippen molar-refractivity contribution in [2.24, 2.45) is 0 Å². The van der Waals surface area contributed by atoms with Crippen molar-refractivity contribution in [2.75, 3.05) is 0 Å². The maximum atomic E-state index is 13.0. The van der Waals surface area contributed by atoms with Gasteiger partial charge in [0.25, 0.3) is 5.56 Å². The molecule has 4 aromatic rings. The first-order valence-electron chi connectivity index (χ1n) is 8.16. The van der Waals surface area contributed by atoms with Crippen LogP contribution in [0.25, 0.3) is 22.1 Å². The number of furan rings is 1. The SMILES string of the molecule is CCCc1nc2oc3ccccc3c(=O)c2c(=O)n1Cc1ccco1. The van der Waals surface area contributed by atoms with Crippen LogP contribution in [0.1, 0.15) is 24.9 Å². The van der Waals surface area contributed by atoms with Gasteiger partial charge < -0.3 is 8.83 Å². The van der Waals surface area contributed by atoms with Gasteiger partial charge in [-0.1, -0.05) is 19.1 Å². The van der Waals surface area contributed by atoms with Gasteiger partial charge in [0.15, 0.2) is 5.39 Å². The Morgan fingerprint density at radius 2 is 1.96 bits per heavy atom. The van der Waals surface area contributed by atoms with Crippen LogP contribution in [-0.4, -0.2) is 9.55 Å². The summed E-state index contributed by atoms with van der Waals surface area (Å²) in [6.45, 7) is 2.24. The third-order valence-electron chi connectivity index (χ3n) is 4.15. The highest BCUT2D eigenvalue weighted by Crippen LogP contribution is 2.16. The van der Waals surface area contributed by atoms with E-state index in [1.807, 2.05) is 6.92 Å². The molecule has 3 aromatic heterocycles. The first kappa shape index (κ1) is 15.4. The van der Waals surface area contributed by atoms with Crippen LogP contribution in [0.3, 0.4) is 0 Å². The molecule has 3 heterocycles. The van der Waals surface area contributed by atoms with Crippen molar-refractivity contribution in [3.05, 3.63) is 74.8 Å². The molecule has 0 N–H and O–H groups in total. The number of benzene rings is 1. The summed E-state index contributed by atoms with van der Waals surface area (Å²) in [5.74, 6) is 1.21. The van der Waals surface area contributed by atoms with Gasteiger partial charge in [0.05, 0.1) is 18.2 Å². The summed E-state index contributed by atoms with van der Waals surface area (Å²) in [6.07, 6.45) is 2.96. The van der Waals surface area contributed by atoms with Crippen molar-refractivity contribution >= 4 is 22.1 Å². The third-order valence-corrected chi connectivity index (χ3v) is 4.15. The number of aryl methyl sites for hydroxylation is 1. The highest BCUT2D eigenvalue weighted by atomic mass is 16.3. The minimum atomic E-state index is -0.399. The Kier molecular flexibility index (Phi) is 3.72. The molecule has 0 unspecified atom stereocenters. The molecule has 0 aliphatic carbocycles. The number of aromatic nitrogens is 2. The molecule has 126 valence electrons. The summed E-state index contributed by atoms with van der Waals surface area (Å²) >= 11 is 0. The van der Waals surface area contributed by atoms with Crippen molar-refractivity contribution in [1.29, 1.82) is 0 Å². The van der Waals surface area contributed by atoms with Crippen molar-refractivity contribution < 1.29 is 8.83 Å². The van der Waals surface area contributed by atoms with E-state index in [-0.39, 0.29) is 23.1 Å². The molecule has 0 atom stereocenters. The predicted octanol–water partition coefficient (Wildman–Crippen LogP) is 3.10. The van der Waals surface area contributed by atoms with E-state index in [4.69, 9.17) is 8.83 Å². The molecule has 0 amide bonds. The van der Waals surface area contributed by atoms with E-state index in [9.17, 15) is 9.59 Å². The molecule has 25 heavy (non-hydrogen) atoms. The molecule has 0 bridgehead atoms. The molecule has 0 saturated heterocycles. The lowest BCUT2D eigenvalue weighted by Gasteiger charge is -2.11. The maximum absolute atomic E-state index is 13.0. The largest absolute Gasteiger partial charge is 0.467 e. The molecular formula is C19H16N2O4. The molecule has 0 fully saturated rings. The van der Waals surface area contributed by atoms with Gasteiger partial charge in [-0.3, -0.25) is 14.2 Å².